The molecule has 11 nitrogen and oxygen atoms in total. The van der Waals surface area contributed by atoms with Crippen LogP contribution in [0, 0.1) is 5.82 Å². The number of nitrogens with one attached hydrogen (secondary N) is 1. The van der Waals surface area contributed by atoms with Crippen LogP contribution in [0.2, 0.25) is 30.7 Å². The summed E-state index contributed by atoms with van der Waals surface area (Å²) in [7, 11) is -1.36. The van der Waals surface area contributed by atoms with Gasteiger partial charge in [-0.3, -0.25) is 4.79 Å². The van der Waals surface area contributed by atoms with Crippen molar-refractivity contribution in [3.05, 3.63) is 64.9 Å². The number of carbonyl (C=O) groups excluding carboxylic acids is 1. The average molecular weight is 664 g/mol. The van der Waals surface area contributed by atoms with Crippen LogP contribution in [0.4, 0.5) is 17.6 Å². The number of H-pyrrole nitrogens is 1. The second kappa shape index (κ2) is 11.8. The van der Waals surface area contributed by atoms with Crippen LogP contribution in [-0.4, -0.2) is 71.5 Å². The molecule has 45 heavy (non-hydrogen) atoms. The number of hydrogen-bond donors (Lipinski definition) is 1. The Labute approximate surface area is 261 Å². The van der Waals surface area contributed by atoms with Crippen molar-refractivity contribution in [2.75, 3.05) is 6.61 Å². The number of carbonyl (C=O) groups is 1. The highest BCUT2D eigenvalue weighted by Crippen LogP contribution is 2.44. The SMILES string of the molecule is C[Si](C)(C)CCOCn1cc(-c2cnc([C@@H]3CC[C@@H]4CC(c5c(-n6cnnn6)ccc(Cl)c5F)=CC(=O)N43)[nH]2)c(C(F)(F)F)n1. The number of aromatic nitrogens is 8. The number of aromatic amines is 1. The number of halogens is 5. The van der Waals surface area contributed by atoms with Gasteiger partial charge >= 0.3 is 6.18 Å². The van der Waals surface area contributed by atoms with Gasteiger partial charge in [0.2, 0.25) is 5.91 Å². The van der Waals surface area contributed by atoms with E-state index < -0.39 is 31.8 Å². The molecule has 238 valence electrons. The fourth-order valence-corrected chi connectivity index (χ4v) is 6.69. The minimum absolute atomic E-state index is 0.107. The van der Waals surface area contributed by atoms with E-state index in [9.17, 15) is 18.0 Å². The third kappa shape index (κ3) is 6.31. The molecule has 0 unspecified atom stereocenters. The summed E-state index contributed by atoms with van der Waals surface area (Å²) in [6.45, 7) is 6.89. The van der Waals surface area contributed by atoms with Gasteiger partial charge in [-0.15, -0.1) is 5.10 Å². The predicted molar refractivity (Wildman–Crippen MR) is 158 cm³/mol. The van der Waals surface area contributed by atoms with E-state index in [1.54, 1.807) is 11.0 Å². The van der Waals surface area contributed by atoms with Crippen molar-refractivity contribution >= 4 is 31.2 Å². The molecule has 2 aliphatic rings. The molecule has 1 aromatic carbocycles. The second-order valence-corrected chi connectivity index (χ2v) is 18.4. The van der Waals surface area contributed by atoms with Crippen LogP contribution in [-0.2, 0) is 22.4 Å². The molecule has 6 rings (SSSR count). The molecule has 0 aliphatic carbocycles. The van der Waals surface area contributed by atoms with Gasteiger partial charge in [-0.25, -0.2) is 14.1 Å². The molecule has 0 bridgehead atoms. The summed E-state index contributed by atoms with van der Waals surface area (Å²) >= 11 is 6.11. The number of tetrazole rings is 1. The van der Waals surface area contributed by atoms with Crippen LogP contribution in [0.5, 0.6) is 0 Å². The Balaban J connectivity index is 1.25. The van der Waals surface area contributed by atoms with Crippen molar-refractivity contribution in [1.29, 1.82) is 0 Å². The van der Waals surface area contributed by atoms with Gasteiger partial charge in [-0.2, -0.15) is 23.0 Å². The van der Waals surface area contributed by atoms with Crippen molar-refractivity contribution in [2.45, 2.75) is 69.9 Å². The topological polar surface area (TPSA) is 120 Å². The molecule has 1 fully saturated rings. The first-order valence-corrected chi connectivity index (χ1v) is 18.4. The standard InChI is InChI=1S/C28H30ClF4N9O2Si/c1-45(2,3)9-8-44-15-40-13-18(26(37-40)28(31,32)33)20-12-34-27(36-20)22-6-4-17-10-16(11-23(43)42(17)22)24-21(41-14-35-38-39-41)7-5-19(29)25(24)30/h5,7,11-14,17,22H,4,6,8-10,15H2,1-3H3,(H,34,36)/t17-,22+/m1/s1. The third-order valence-electron chi connectivity index (χ3n) is 7.95. The highest BCUT2D eigenvalue weighted by molar-refractivity contribution is 6.76. The lowest BCUT2D eigenvalue weighted by molar-refractivity contribution is -0.141. The number of rotatable bonds is 9. The van der Waals surface area contributed by atoms with Crippen molar-refractivity contribution < 1.29 is 27.1 Å². The number of imidazole rings is 1. The smallest absolute Gasteiger partial charge is 0.360 e. The van der Waals surface area contributed by atoms with Gasteiger partial charge < -0.3 is 14.6 Å². The minimum atomic E-state index is -4.70. The van der Waals surface area contributed by atoms with E-state index in [4.69, 9.17) is 16.3 Å². The van der Waals surface area contributed by atoms with Crippen LogP contribution in [0.15, 0.2) is 36.9 Å². The quantitative estimate of drug-likeness (QED) is 0.135. The maximum absolute atomic E-state index is 15.4. The molecular weight excluding hydrogens is 634 g/mol. The van der Waals surface area contributed by atoms with Gasteiger partial charge in [-0.05, 0) is 53.4 Å². The molecule has 17 heteroatoms. The van der Waals surface area contributed by atoms with Crippen LogP contribution < -0.4 is 0 Å². The summed E-state index contributed by atoms with van der Waals surface area (Å²) in [5.41, 5.74) is -0.179. The molecule has 2 aliphatic heterocycles. The van der Waals surface area contributed by atoms with Gasteiger partial charge in [0.1, 0.15) is 18.9 Å². The fourth-order valence-electron chi connectivity index (χ4n) is 5.78. The Hall–Kier alpha value is -3.89. The van der Waals surface area contributed by atoms with Crippen LogP contribution in [0.25, 0.3) is 22.5 Å². The van der Waals surface area contributed by atoms with Crippen LogP contribution in [0.3, 0.4) is 0 Å². The molecular formula is C28H30ClF4N9O2Si. The zero-order chi connectivity index (χ0) is 32.1. The van der Waals surface area contributed by atoms with E-state index in [1.807, 2.05) is 0 Å². The van der Waals surface area contributed by atoms with Gasteiger partial charge in [0.05, 0.1) is 34.2 Å². The lowest BCUT2D eigenvalue weighted by Gasteiger charge is -2.33. The molecule has 0 saturated carbocycles. The number of ether oxygens (including phenoxy) is 1. The van der Waals surface area contributed by atoms with Gasteiger partial charge in [0.25, 0.3) is 0 Å². The lowest BCUT2D eigenvalue weighted by atomic mass is 9.92. The molecule has 2 atom stereocenters. The van der Waals surface area contributed by atoms with Crippen molar-refractivity contribution in [3.8, 4) is 16.9 Å². The molecule has 0 spiro atoms. The predicted octanol–water partition coefficient (Wildman–Crippen LogP) is 5.89. The van der Waals surface area contributed by atoms with Crippen LogP contribution >= 0.6 is 11.6 Å². The highest BCUT2D eigenvalue weighted by atomic mass is 35.5. The maximum Gasteiger partial charge on any atom is 0.435 e. The highest BCUT2D eigenvalue weighted by Gasteiger charge is 2.43. The zero-order valence-electron chi connectivity index (χ0n) is 24.6. The lowest BCUT2D eigenvalue weighted by Crippen LogP contribution is -2.39. The minimum Gasteiger partial charge on any atom is -0.360 e. The number of nitrogens with zero attached hydrogens (tertiary/aromatic N) is 8. The number of hydrogen-bond acceptors (Lipinski definition) is 7. The molecule has 1 amide bonds. The fraction of sp³-hybridized carbons (Fsp3) is 0.429. The summed E-state index contributed by atoms with van der Waals surface area (Å²) in [4.78, 5) is 22.6. The summed E-state index contributed by atoms with van der Waals surface area (Å²) < 4.78 is 65.3. The Kier molecular flexibility index (Phi) is 8.15. The molecule has 1 N–H and O–H groups in total. The normalized spacial score (nSPS) is 18.9. The Bertz CT molecular complexity index is 1750. The molecule has 3 aromatic heterocycles. The number of fused-ring (bicyclic) bond motifs is 1. The first kappa shape index (κ1) is 31.1. The van der Waals surface area contributed by atoms with Crippen molar-refractivity contribution in [2.24, 2.45) is 0 Å². The maximum atomic E-state index is 15.4. The van der Waals surface area contributed by atoms with E-state index in [1.165, 1.54) is 35.5 Å². The molecule has 0 radical (unpaired) electrons. The molecule has 4 aromatic rings. The summed E-state index contributed by atoms with van der Waals surface area (Å²) in [5.74, 6) is -0.707. The van der Waals surface area contributed by atoms with E-state index in [2.05, 4.69) is 50.2 Å². The number of amides is 1. The monoisotopic (exact) mass is 663 g/mol. The Morgan fingerprint density at radius 1 is 1.20 bits per heavy atom. The second-order valence-electron chi connectivity index (χ2n) is 12.3. The number of alkyl halides is 3. The molecule has 5 heterocycles. The van der Waals surface area contributed by atoms with Gasteiger partial charge in [0.15, 0.2) is 11.5 Å². The van der Waals surface area contributed by atoms with E-state index in [0.717, 1.165) is 10.7 Å². The van der Waals surface area contributed by atoms with E-state index >= 15 is 4.39 Å². The third-order valence-corrected chi connectivity index (χ3v) is 9.95. The molecule has 1 saturated heterocycles. The Morgan fingerprint density at radius 2 is 2.00 bits per heavy atom. The van der Waals surface area contributed by atoms with Gasteiger partial charge in [-0.1, -0.05) is 31.2 Å². The van der Waals surface area contributed by atoms with Gasteiger partial charge in [0, 0.05) is 38.6 Å². The first-order valence-electron chi connectivity index (χ1n) is 14.3. The zero-order valence-corrected chi connectivity index (χ0v) is 26.4. The summed E-state index contributed by atoms with van der Waals surface area (Å²) in [6.07, 6.45) is 1.99. The number of benzene rings is 1. The average Bonchev–Trinajstić information content (AvgIpc) is 3.77. The Morgan fingerprint density at radius 3 is 2.71 bits per heavy atom. The van der Waals surface area contributed by atoms with E-state index in [0.29, 0.717) is 43.0 Å². The van der Waals surface area contributed by atoms with E-state index in [-0.39, 0.29) is 40.5 Å². The largest absolute Gasteiger partial charge is 0.435 e. The summed E-state index contributed by atoms with van der Waals surface area (Å²) in [5, 5.41) is 14.7. The van der Waals surface area contributed by atoms with Crippen molar-refractivity contribution in [3.63, 3.8) is 0 Å². The van der Waals surface area contributed by atoms with Crippen LogP contribution in [0.1, 0.15) is 42.4 Å². The first-order chi connectivity index (χ1) is 21.3. The van der Waals surface area contributed by atoms with Crippen molar-refractivity contribution in [1.82, 2.24) is 44.9 Å². The summed E-state index contributed by atoms with van der Waals surface area (Å²) in [6, 6.07) is 3.04.